The van der Waals surface area contributed by atoms with E-state index in [0.717, 1.165) is 12.8 Å². The first-order chi connectivity index (χ1) is 12.7. The number of unbranched alkanes of at least 4 members (excludes halogenated alkanes) is 8. The smallest absolute Gasteiger partial charge is 0.303 e. The average molecular weight is 355 g/mol. The van der Waals surface area contributed by atoms with Gasteiger partial charge in [0.2, 0.25) is 0 Å². The van der Waals surface area contributed by atoms with Gasteiger partial charge >= 0.3 is 5.97 Å². The maximum atomic E-state index is 10.2. The fraction of sp³-hybridized carbons (Fsp3) is 0.458. The molecule has 2 aromatic carbocycles. The zero-order valence-electron chi connectivity index (χ0n) is 16.2. The molecule has 26 heavy (non-hydrogen) atoms. The summed E-state index contributed by atoms with van der Waals surface area (Å²) in [5, 5.41) is 8.41. The molecule has 0 heterocycles. The Balaban J connectivity index is 0.000000262. The summed E-state index contributed by atoms with van der Waals surface area (Å²) in [6.07, 6.45) is 11.5. The van der Waals surface area contributed by atoms with E-state index in [1.807, 2.05) is 12.1 Å². The van der Waals surface area contributed by atoms with Crippen LogP contribution in [0.3, 0.4) is 0 Å². The highest BCUT2D eigenvalue weighted by atomic mass is 16.4. The summed E-state index contributed by atoms with van der Waals surface area (Å²) in [5.74, 6) is -0.659. The van der Waals surface area contributed by atoms with Crippen molar-refractivity contribution in [2.45, 2.75) is 71.1 Å². The lowest BCUT2D eigenvalue weighted by atomic mass is 10.1. The largest absolute Gasteiger partial charge is 0.481 e. The summed E-state index contributed by atoms with van der Waals surface area (Å²) in [5.41, 5.74) is 2.55. The third-order valence-electron chi connectivity index (χ3n) is 4.38. The highest BCUT2D eigenvalue weighted by Crippen LogP contribution is 2.17. The number of benzene rings is 2. The molecule has 2 heteroatoms. The molecule has 0 aliphatic rings. The molecule has 0 amide bonds. The SMILES string of the molecule is CCCCCCCCCCCC(=O)O.c1ccc(-c2ccccc2)cc1. The molecule has 0 atom stereocenters. The summed E-state index contributed by atoms with van der Waals surface area (Å²) < 4.78 is 0. The van der Waals surface area contributed by atoms with E-state index in [2.05, 4.69) is 55.5 Å². The highest BCUT2D eigenvalue weighted by molar-refractivity contribution is 5.66. The van der Waals surface area contributed by atoms with Gasteiger partial charge in [-0.05, 0) is 17.5 Å². The Hall–Kier alpha value is -2.09. The number of aliphatic carboxylic acids is 1. The molecule has 0 aliphatic heterocycles. The van der Waals surface area contributed by atoms with Crippen molar-refractivity contribution in [1.82, 2.24) is 0 Å². The molecule has 2 aromatic rings. The second-order valence-corrected chi connectivity index (χ2v) is 6.70. The molecule has 0 saturated carbocycles. The van der Waals surface area contributed by atoms with Crippen LogP contribution in [0.1, 0.15) is 71.1 Å². The summed E-state index contributed by atoms with van der Waals surface area (Å²) in [7, 11) is 0. The lowest BCUT2D eigenvalue weighted by Gasteiger charge is -2.00. The quantitative estimate of drug-likeness (QED) is 0.428. The van der Waals surface area contributed by atoms with Crippen LogP contribution in [0.4, 0.5) is 0 Å². The normalized spacial score (nSPS) is 10.0. The molecule has 142 valence electrons. The minimum atomic E-state index is -0.659. The van der Waals surface area contributed by atoms with Crippen LogP contribution in [-0.4, -0.2) is 11.1 Å². The van der Waals surface area contributed by atoms with Crippen LogP contribution >= 0.6 is 0 Å². The van der Waals surface area contributed by atoms with Crippen molar-refractivity contribution in [2.75, 3.05) is 0 Å². The Labute approximate surface area is 159 Å². The van der Waals surface area contributed by atoms with Crippen molar-refractivity contribution in [3.05, 3.63) is 60.7 Å². The van der Waals surface area contributed by atoms with E-state index >= 15 is 0 Å². The number of carbonyl (C=O) groups is 1. The van der Waals surface area contributed by atoms with Crippen molar-refractivity contribution < 1.29 is 9.90 Å². The minimum Gasteiger partial charge on any atom is -0.481 e. The average Bonchev–Trinajstić information content (AvgIpc) is 2.68. The predicted octanol–water partition coefficient (Wildman–Crippen LogP) is 7.35. The second-order valence-electron chi connectivity index (χ2n) is 6.70. The van der Waals surface area contributed by atoms with E-state index in [4.69, 9.17) is 5.11 Å². The van der Waals surface area contributed by atoms with Crippen LogP contribution in [0.2, 0.25) is 0 Å². The van der Waals surface area contributed by atoms with E-state index in [1.165, 1.54) is 56.1 Å². The van der Waals surface area contributed by atoms with E-state index in [1.54, 1.807) is 0 Å². The number of hydrogen-bond acceptors (Lipinski definition) is 1. The summed E-state index contributed by atoms with van der Waals surface area (Å²) in [4.78, 5) is 10.2. The van der Waals surface area contributed by atoms with E-state index < -0.39 is 5.97 Å². The van der Waals surface area contributed by atoms with Gasteiger partial charge < -0.3 is 5.11 Å². The fourth-order valence-electron chi connectivity index (χ4n) is 2.85. The van der Waals surface area contributed by atoms with Crippen molar-refractivity contribution in [3.8, 4) is 11.1 Å². The number of rotatable bonds is 11. The van der Waals surface area contributed by atoms with Crippen molar-refractivity contribution in [3.63, 3.8) is 0 Å². The molecule has 0 aromatic heterocycles. The molecule has 0 unspecified atom stereocenters. The van der Waals surface area contributed by atoms with Gasteiger partial charge in [-0.1, -0.05) is 119 Å². The predicted molar refractivity (Wildman–Crippen MR) is 111 cm³/mol. The van der Waals surface area contributed by atoms with Crippen molar-refractivity contribution in [1.29, 1.82) is 0 Å². The van der Waals surface area contributed by atoms with Crippen LogP contribution in [0.15, 0.2) is 60.7 Å². The number of carboxylic acid groups (broad SMARTS) is 1. The van der Waals surface area contributed by atoms with Crippen LogP contribution in [0, 0.1) is 0 Å². The maximum absolute atomic E-state index is 10.2. The third-order valence-corrected chi connectivity index (χ3v) is 4.38. The van der Waals surface area contributed by atoms with Crippen LogP contribution < -0.4 is 0 Å². The van der Waals surface area contributed by atoms with Gasteiger partial charge in [0.05, 0.1) is 0 Å². The zero-order chi connectivity index (χ0) is 18.9. The molecule has 1 N–H and O–H groups in total. The monoisotopic (exact) mass is 354 g/mol. The molecular formula is C24H34O2. The molecule has 2 rings (SSSR count). The lowest BCUT2D eigenvalue weighted by molar-refractivity contribution is -0.137. The van der Waals surface area contributed by atoms with Gasteiger partial charge in [0.1, 0.15) is 0 Å². The van der Waals surface area contributed by atoms with Gasteiger partial charge in [-0.3, -0.25) is 4.79 Å². The first-order valence-corrected chi connectivity index (χ1v) is 10.1. The van der Waals surface area contributed by atoms with Gasteiger partial charge in [0, 0.05) is 6.42 Å². The molecule has 2 nitrogen and oxygen atoms in total. The molecule has 0 saturated heterocycles. The Morgan fingerprint density at radius 1 is 0.654 bits per heavy atom. The lowest BCUT2D eigenvalue weighted by Crippen LogP contribution is -1.93. The topological polar surface area (TPSA) is 37.3 Å². The third kappa shape index (κ3) is 11.5. The molecule has 0 bridgehead atoms. The summed E-state index contributed by atoms with van der Waals surface area (Å²) in [6.45, 7) is 2.23. The van der Waals surface area contributed by atoms with Crippen LogP contribution in [0.25, 0.3) is 11.1 Å². The van der Waals surface area contributed by atoms with Crippen LogP contribution in [0.5, 0.6) is 0 Å². The van der Waals surface area contributed by atoms with Crippen LogP contribution in [-0.2, 0) is 4.79 Å². The van der Waals surface area contributed by atoms with E-state index in [9.17, 15) is 4.79 Å². The van der Waals surface area contributed by atoms with Crippen molar-refractivity contribution in [2.24, 2.45) is 0 Å². The van der Waals surface area contributed by atoms with Gasteiger partial charge in [0.15, 0.2) is 0 Å². The Bertz CT molecular complexity index is 526. The Morgan fingerprint density at radius 2 is 1.04 bits per heavy atom. The second kappa shape index (κ2) is 15.2. The number of carboxylic acids is 1. The first kappa shape index (κ1) is 22.0. The van der Waals surface area contributed by atoms with Crippen molar-refractivity contribution >= 4 is 5.97 Å². The first-order valence-electron chi connectivity index (χ1n) is 10.1. The van der Waals surface area contributed by atoms with Gasteiger partial charge in [-0.25, -0.2) is 0 Å². The maximum Gasteiger partial charge on any atom is 0.303 e. The molecule has 0 aliphatic carbocycles. The summed E-state index contributed by atoms with van der Waals surface area (Å²) >= 11 is 0. The molecule has 0 fully saturated rings. The highest BCUT2D eigenvalue weighted by Gasteiger charge is 1.96. The van der Waals surface area contributed by atoms with E-state index in [0.29, 0.717) is 6.42 Å². The van der Waals surface area contributed by atoms with Gasteiger partial charge in [0.25, 0.3) is 0 Å². The standard InChI is InChI=1S/C12H24O2.C12H10/c1-2-3-4-5-6-7-8-9-10-11-12(13)14;1-3-7-11(8-4-1)12-9-5-2-6-10-12/h2-11H2,1H3,(H,13,14);1-10H. The Kier molecular flexibility index (Phi) is 12.8. The minimum absolute atomic E-state index is 0.343. The van der Waals surface area contributed by atoms with Gasteiger partial charge in [-0.15, -0.1) is 0 Å². The fourth-order valence-corrected chi connectivity index (χ4v) is 2.85. The summed E-state index contributed by atoms with van der Waals surface area (Å²) in [6, 6.07) is 20.8. The van der Waals surface area contributed by atoms with Gasteiger partial charge in [-0.2, -0.15) is 0 Å². The number of hydrogen-bond donors (Lipinski definition) is 1. The molecule has 0 spiro atoms. The zero-order valence-corrected chi connectivity index (χ0v) is 16.2. The Morgan fingerprint density at radius 3 is 1.42 bits per heavy atom. The van der Waals surface area contributed by atoms with E-state index in [-0.39, 0.29) is 0 Å². The molecular weight excluding hydrogens is 320 g/mol. The molecule has 0 radical (unpaired) electrons.